The molecule has 0 saturated carbocycles. The average Bonchev–Trinajstić information content (AvgIpc) is 3.16. The summed E-state index contributed by atoms with van der Waals surface area (Å²) in [5.74, 6) is 2.22. The number of aromatic amines is 1. The molecule has 0 spiro atoms. The summed E-state index contributed by atoms with van der Waals surface area (Å²) in [7, 11) is -2.34. The molecular weight excluding hydrogens is 376 g/mol. The van der Waals surface area contributed by atoms with Crippen LogP contribution in [0.4, 0.5) is 11.6 Å². The molecule has 0 aliphatic carbocycles. The molecule has 8 nitrogen and oxygen atoms in total. The van der Waals surface area contributed by atoms with E-state index in [2.05, 4.69) is 31.1 Å². The minimum absolute atomic E-state index is 0.186. The number of morpholine rings is 1. The van der Waals surface area contributed by atoms with E-state index < -0.39 is 9.73 Å². The van der Waals surface area contributed by atoms with Crippen molar-refractivity contribution in [3.8, 4) is 11.4 Å². The van der Waals surface area contributed by atoms with Crippen molar-refractivity contribution in [1.29, 1.82) is 0 Å². The summed E-state index contributed by atoms with van der Waals surface area (Å²) < 4.78 is 22.6. The van der Waals surface area contributed by atoms with Crippen molar-refractivity contribution < 1.29 is 8.95 Å². The summed E-state index contributed by atoms with van der Waals surface area (Å²) in [6.45, 7) is 5.99. The van der Waals surface area contributed by atoms with E-state index in [-0.39, 0.29) is 6.04 Å². The van der Waals surface area contributed by atoms with Crippen molar-refractivity contribution in [3.05, 3.63) is 30.6 Å². The molecule has 2 atom stereocenters. The van der Waals surface area contributed by atoms with Crippen LogP contribution in [0.5, 0.6) is 0 Å². The Morgan fingerprint density at radius 3 is 3.04 bits per heavy atom. The van der Waals surface area contributed by atoms with Crippen molar-refractivity contribution in [1.82, 2.24) is 19.9 Å². The Morgan fingerprint density at radius 1 is 1.39 bits per heavy atom. The van der Waals surface area contributed by atoms with Crippen LogP contribution in [0.2, 0.25) is 0 Å². The maximum atomic E-state index is 12.6. The fraction of sp³-hybridized carbons (Fsp3) is 0.421. The van der Waals surface area contributed by atoms with Crippen LogP contribution in [0.3, 0.4) is 0 Å². The fourth-order valence-electron chi connectivity index (χ4n) is 3.22. The second-order valence-electron chi connectivity index (χ2n) is 6.96. The Hall–Kier alpha value is -2.52. The maximum absolute atomic E-state index is 12.6. The number of hydrogen-bond donors (Lipinski definition) is 1. The summed E-state index contributed by atoms with van der Waals surface area (Å²) in [5, 5.41) is 0.938. The molecule has 4 heterocycles. The quantitative estimate of drug-likeness (QED) is 0.723. The number of anilines is 1. The molecule has 28 heavy (non-hydrogen) atoms. The standard InChI is InChI=1S/C19H24N6O2S/c1-4-28(3,26)24-16-11-17(25-9-10-27-12-13(25)2)23-19(22-16)15-6-8-21-18-14(15)5-7-20-18/h5-8,11,13H,4,9-10,12H2,1-3H3,(H,20,21)/t13-,28-/m1/s1. The van der Waals surface area contributed by atoms with Crippen LogP contribution in [0, 0.1) is 0 Å². The summed E-state index contributed by atoms with van der Waals surface area (Å²) in [4.78, 5) is 19.1. The predicted octanol–water partition coefficient (Wildman–Crippen LogP) is 2.99. The zero-order chi connectivity index (χ0) is 19.7. The summed E-state index contributed by atoms with van der Waals surface area (Å²) in [5.41, 5.74) is 1.64. The van der Waals surface area contributed by atoms with Gasteiger partial charge in [0.1, 0.15) is 11.5 Å². The van der Waals surface area contributed by atoms with Gasteiger partial charge in [-0.05, 0) is 19.1 Å². The van der Waals surface area contributed by atoms with Gasteiger partial charge in [-0.3, -0.25) is 0 Å². The molecule has 0 bridgehead atoms. The Kier molecular flexibility index (Phi) is 5.03. The summed E-state index contributed by atoms with van der Waals surface area (Å²) >= 11 is 0. The third kappa shape index (κ3) is 3.72. The van der Waals surface area contributed by atoms with Crippen LogP contribution in [0.1, 0.15) is 13.8 Å². The van der Waals surface area contributed by atoms with Gasteiger partial charge >= 0.3 is 0 Å². The fourth-order valence-corrected chi connectivity index (χ4v) is 3.84. The molecule has 1 aliphatic heterocycles. The Balaban J connectivity index is 1.90. The van der Waals surface area contributed by atoms with E-state index >= 15 is 0 Å². The molecule has 9 heteroatoms. The van der Waals surface area contributed by atoms with Crippen molar-refractivity contribution >= 4 is 32.4 Å². The van der Waals surface area contributed by atoms with E-state index in [0.717, 1.165) is 29.0 Å². The third-order valence-corrected chi connectivity index (χ3v) is 6.53. The summed E-state index contributed by atoms with van der Waals surface area (Å²) in [6, 6.07) is 5.85. The number of H-pyrrole nitrogens is 1. The molecule has 1 saturated heterocycles. The number of ether oxygens (including phenoxy) is 1. The number of nitrogens with zero attached hydrogens (tertiary/aromatic N) is 5. The highest BCUT2D eigenvalue weighted by atomic mass is 32.2. The van der Waals surface area contributed by atoms with E-state index in [4.69, 9.17) is 9.72 Å². The zero-order valence-electron chi connectivity index (χ0n) is 16.3. The van der Waals surface area contributed by atoms with Crippen LogP contribution in [-0.2, 0) is 14.5 Å². The van der Waals surface area contributed by atoms with Crippen LogP contribution >= 0.6 is 0 Å². The van der Waals surface area contributed by atoms with Gasteiger partial charge in [0, 0.05) is 48.0 Å². The van der Waals surface area contributed by atoms with Crippen LogP contribution < -0.4 is 4.90 Å². The van der Waals surface area contributed by atoms with E-state index in [1.165, 1.54) is 0 Å². The number of pyridine rings is 1. The van der Waals surface area contributed by atoms with Crippen molar-refractivity contribution in [2.45, 2.75) is 19.9 Å². The number of hydrogen-bond acceptors (Lipinski definition) is 7. The van der Waals surface area contributed by atoms with E-state index in [1.807, 2.05) is 31.3 Å². The maximum Gasteiger partial charge on any atom is 0.167 e. The second kappa shape index (κ2) is 7.48. The lowest BCUT2D eigenvalue weighted by atomic mass is 10.1. The largest absolute Gasteiger partial charge is 0.377 e. The minimum Gasteiger partial charge on any atom is -0.377 e. The molecular formula is C19H24N6O2S. The first-order valence-corrected chi connectivity index (χ1v) is 11.4. The highest BCUT2D eigenvalue weighted by Crippen LogP contribution is 2.30. The molecule has 148 valence electrons. The summed E-state index contributed by atoms with van der Waals surface area (Å²) in [6.07, 6.45) is 5.23. The van der Waals surface area contributed by atoms with Crippen LogP contribution in [0.25, 0.3) is 22.4 Å². The van der Waals surface area contributed by atoms with Crippen molar-refractivity contribution in [2.24, 2.45) is 4.36 Å². The van der Waals surface area contributed by atoms with E-state index in [1.54, 1.807) is 12.5 Å². The highest BCUT2D eigenvalue weighted by molar-refractivity contribution is 7.93. The number of rotatable bonds is 4. The van der Waals surface area contributed by atoms with Crippen molar-refractivity contribution in [3.63, 3.8) is 0 Å². The molecule has 0 amide bonds. The molecule has 1 fully saturated rings. The topological polar surface area (TPSA) is 96.4 Å². The molecule has 3 aromatic heterocycles. The molecule has 0 radical (unpaired) electrons. The van der Waals surface area contributed by atoms with Gasteiger partial charge in [0.15, 0.2) is 11.6 Å². The predicted molar refractivity (Wildman–Crippen MR) is 111 cm³/mol. The Labute approximate surface area is 164 Å². The first-order valence-electron chi connectivity index (χ1n) is 9.32. The number of fused-ring (bicyclic) bond motifs is 1. The monoisotopic (exact) mass is 400 g/mol. The molecule has 3 aromatic rings. The van der Waals surface area contributed by atoms with Gasteiger partial charge < -0.3 is 14.6 Å². The third-order valence-electron chi connectivity index (χ3n) is 4.88. The Morgan fingerprint density at radius 2 is 2.25 bits per heavy atom. The number of nitrogens with one attached hydrogen (secondary N) is 1. The SMILES string of the molecule is CC[S@@](C)(=O)=Nc1cc(N2CCOC[C@H]2C)nc(-c2ccnc3[nH]ccc23)n1. The average molecular weight is 401 g/mol. The minimum atomic E-state index is -2.34. The van der Waals surface area contributed by atoms with Gasteiger partial charge in [0.2, 0.25) is 0 Å². The van der Waals surface area contributed by atoms with Gasteiger partial charge in [-0.1, -0.05) is 6.92 Å². The molecule has 1 aliphatic rings. The number of aromatic nitrogens is 4. The van der Waals surface area contributed by atoms with Gasteiger partial charge in [-0.2, -0.15) is 4.36 Å². The second-order valence-corrected chi connectivity index (χ2v) is 9.64. The highest BCUT2D eigenvalue weighted by Gasteiger charge is 2.22. The first kappa shape index (κ1) is 18.8. The molecule has 1 N–H and O–H groups in total. The molecule has 0 unspecified atom stereocenters. The van der Waals surface area contributed by atoms with Gasteiger partial charge in [-0.25, -0.2) is 19.2 Å². The van der Waals surface area contributed by atoms with E-state index in [9.17, 15) is 4.21 Å². The lowest BCUT2D eigenvalue weighted by Gasteiger charge is -2.34. The van der Waals surface area contributed by atoms with Crippen LogP contribution in [-0.4, -0.2) is 62.0 Å². The molecule has 4 rings (SSSR count). The van der Waals surface area contributed by atoms with Gasteiger partial charge in [0.25, 0.3) is 0 Å². The Bertz CT molecular complexity index is 1120. The van der Waals surface area contributed by atoms with Gasteiger partial charge in [0.05, 0.1) is 29.0 Å². The lowest BCUT2D eigenvalue weighted by Crippen LogP contribution is -2.44. The van der Waals surface area contributed by atoms with E-state index in [0.29, 0.717) is 30.6 Å². The van der Waals surface area contributed by atoms with Crippen LogP contribution in [0.15, 0.2) is 35.0 Å². The lowest BCUT2D eigenvalue weighted by molar-refractivity contribution is 0.0985. The van der Waals surface area contributed by atoms with Crippen molar-refractivity contribution in [2.75, 3.05) is 36.7 Å². The first-order chi connectivity index (χ1) is 13.5. The normalized spacial score (nSPS) is 19.5. The zero-order valence-corrected chi connectivity index (χ0v) is 17.1. The van der Waals surface area contributed by atoms with Gasteiger partial charge in [-0.15, -0.1) is 0 Å². The smallest absolute Gasteiger partial charge is 0.167 e. The molecule has 0 aromatic carbocycles.